The molecular weight excluding hydrogens is 364 g/mol. The SMILES string of the molecule is CC1=C2CC3C(CC2(C)CCC1)OC(=O)C3CN1CCN(c2ncccn2)CC1. The maximum Gasteiger partial charge on any atom is 0.310 e. The van der Waals surface area contributed by atoms with Crippen molar-refractivity contribution in [2.75, 3.05) is 37.6 Å². The third kappa shape index (κ3) is 3.45. The van der Waals surface area contributed by atoms with Crippen molar-refractivity contribution in [3.05, 3.63) is 29.6 Å². The Hall–Kier alpha value is -1.95. The molecule has 0 amide bonds. The highest BCUT2D eigenvalue weighted by Crippen LogP contribution is 2.55. The molecule has 0 spiro atoms. The lowest BCUT2D eigenvalue weighted by Crippen LogP contribution is -2.49. The molecule has 6 heteroatoms. The third-order valence-corrected chi connectivity index (χ3v) is 7.84. The molecule has 0 aromatic carbocycles. The summed E-state index contributed by atoms with van der Waals surface area (Å²) in [6, 6.07) is 1.85. The van der Waals surface area contributed by atoms with E-state index in [9.17, 15) is 4.79 Å². The fourth-order valence-electron chi connectivity index (χ4n) is 6.18. The van der Waals surface area contributed by atoms with Crippen LogP contribution >= 0.6 is 0 Å². The van der Waals surface area contributed by atoms with Gasteiger partial charge in [0.1, 0.15) is 6.10 Å². The largest absolute Gasteiger partial charge is 0.462 e. The Morgan fingerprint density at radius 2 is 1.97 bits per heavy atom. The number of nitrogens with zero attached hydrogens (tertiary/aromatic N) is 4. The zero-order chi connectivity index (χ0) is 20.0. The summed E-state index contributed by atoms with van der Waals surface area (Å²) < 4.78 is 5.94. The van der Waals surface area contributed by atoms with Crippen LogP contribution in [0.4, 0.5) is 5.95 Å². The van der Waals surface area contributed by atoms with Crippen LogP contribution in [0, 0.1) is 17.3 Å². The monoisotopic (exact) mass is 396 g/mol. The van der Waals surface area contributed by atoms with Gasteiger partial charge in [-0.3, -0.25) is 9.69 Å². The lowest BCUT2D eigenvalue weighted by atomic mass is 9.59. The first-order valence-electron chi connectivity index (χ1n) is 11.2. The Bertz CT molecular complexity index is 802. The minimum atomic E-state index is 0.0197. The number of aromatic nitrogens is 2. The van der Waals surface area contributed by atoms with E-state index in [2.05, 4.69) is 33.6 Å². The van der Waals surface area contributed by atoms with Crippen molar-refractivity contribution in [3.8, 4) is 0 Å². The van der Waals surface area contributed by atoms with Gasteiger partial charge in [-0.15, -0.1) is 0 Å². The highest BCUT2D eigenvalue weighted by molar-refractivity contribution is 5.76. The lowest BCUT2D eigenvalue weighted by molar-refractivity contribution is -0.145. The van der Waals surface area contributed by atoms with Crippen LogP contribution in [-0.4, -0.2) is 59.7 Å². The number of carbonyl (C=O) groups excluding carboxylic acids is 1. The van der Waals surface area contributed by atoms with Crippen molar-refractivity contribution in [2.24, 2.45) is 17.3 Å². The standard InChI is InChI=1S/C23H32N4O2/c1-16-5-3-6-23(2)14-20-17(13-19(16)23)18(21(28)29-20)15-26-9-11-27(12-10-26)22-24-7-4-8-25-22/h4,7-8,17-18,20H,3,5-6,9-15H2,1-2H3. The molecule has 4 unspecified atom stereocenters. The van der Waals surface area contributed by atoms with Crippen LogP contribution in [-0.2, 0) is 9.53 Å². The second-order valence-electron chi connectivity index (χ2n) is 9.66. The summed E-state index contributed by atoms with van der Waals surface area (Å²) in [5.74, 6) is 1.22. The van der Waals surface area contributed by atoms with Crippen LogP contribution < -0.4 is 4.90 Å². The Morgan fingerprint density at radius 3 is 2.72 bits per heavy atom. The van der Waals surface area contributed by atoms with Gasteiger partial charge in [-0.1, -0.05) is 18.1 Å². The van der Waals surface area contributed by atoms with Gasteiger partial charge in [-0.05, 0) is 50.5 Å². The number of hydrogen-bond donors (Lipinski definition) is 0. The average Bonchev–Trinajstić information content (AvgIpc) is 3.01. The van der Waals surface area contributed by atoms with Crippen molar-refractivity contribution in [2.45, 2.75) is 52.1 Å². The van der Waals surface area contributed by atoms with Gasteiger partial charge in [-0.25, -0.2) is 9.97 Å². The number of rotatable bonds is 3. The molecule has 5 rings (SSSR count). The molecule has 4 aliphatic rings. The van der Waals surface area contributed by atoms with Crippen LogP contribution in [0.25, 0.3) is 0 Å². The van der Waals surface area contributed by atoms with Gasteiger partial charge in [0, 0.05) is 51.0 Å². The van der Waals surface area contributed by atoms with E-state index in [4.69, 9.17) is 4.74 Å². The van der Waals surface area contributed by atoms with Crippen molar-refractivity contribution in [1.82, 2.24) is 14.9 Å². The van der Waals surface area contributed by atoms with Crippen LogP contribution in [0.3, 0.4) is 0 Å². The molecule has 2 aliphatic heterocycles. The first kappa shape index (κ1) is 19.0. The first-order valence-corrected chi connectivity index (χ1v) is 11.2. The fourth-order valence-corrected chi connectivity index (χ4v) is 6.18. The van der Waals surface area contributed by atoms with E-state index in [0.29, 0.717) is 5.92 Å². The maximum atomic E-state index is 12.8. The van der Waals surface area contributed by atoms with Gasteiger partial charge in [0.2, 0.25) is 5.95 Å². The van der Waals surface area contributed by atoms with E-state index in [-0.39, 0.29) is 23.4 Å². The molecule has 2 saturated heterocycles. The molecule has 1 saturated carbocycles. The molecule has 0 radical (unpaired) electrons. The van der Waals surface area contributed by atoms with Crippen molar-refractivity contribution >= 4 is 11.9 Å². The molecule has 0 N–H and O–H groups in total. The number of anilines is 1. The van der Waals surface area contributed by atoms with Crippen molar-refractivity contribution in [3.63, 3.8) is 0 Å². The molecule has 2 aliphatic carbocycles. The number of hydrogen-bond acceptors (Lipinski definition) is 6. The third-order valence-electron chi connectivity index (χ3n) is 7.84. The molecule has 1 aromatic rings. The van der Waals surface area contributed by atoms with Crippen LogP contribution in [0.5, 0.6) is 0 Å². The molecule has 4 atom stereocenters. The van der Waals surface area contributed by atoms with Gasteiger partial charge < -0.3 is 9.64 Å². The normalized spacial score (nSPS) is 35.3. The maximum absolute atomic E-state index is 12.8. The number of esters is 1. The number of carbonyl (C=O) groups is 1. The predicted octanol–water partition coefficient (Wildman–Crippen LogP) is 3.06. The van der Waals surface area contributed by atoms with Crippen LogP contribution in [0.15, 0.2) is 29.6 Å². The predicted molar refractivity (Wildman–Crippen MR) is 111 cm³/mol. The summed E-state index contributed by atoms with van der Waals surface area (Å²) in [6.45, 7) is 9.23. The number of fused-ring (bicyclic) bond motifs is 2. The van der Waals surface area contributed by atoms with Gasteiger partial charge in [-0.2, -0.15) is 0 Å². The number of ether oxygens (including phenoxy) is 1. The molecule has 6 nitrogen and oxygen atoms in total. The zero-order valence-electron chi connectivity index (χ0n) is 17.6. The summed E-state index contributed by atoms with van der Waals surface area (Å²) in [5, 5.41) is 0. The van der Waals surface area contributed by atoms with Gasteiger partial charge >= 0.3 is 5.97 Å². The topological polar surface area (TPSA) is 58.6 Å². The van der Waals surface area contributed by atoms with Crippen LogP contribution in [0.2, 0.25) is 0 Å². The molecule has 1 aromatic heterocycles. The average molecular weight is 397 g/mol. The van der Waals surface area contributed by atoms with E-state index in [1.54, 1.807) is 23.5 Å². The number of allylic oxidation sites excluding steroid dienone is 2. The quantitative estimate of drug-likeness (QED) is 0.578. The Balaban J connectivity index is 1.25. The summed E-state index contributed by atoms with van der Waals surface area (Å²) >= 11 is 0. The second kappa shape index (κ2) is 7.38. The highest BCUT2D eigenvalue weighted by atomic mass is 16.6. The van der Waals surface area contributed by atoms with E-state index in [1.807, 2.05) is 6.07 Å². The molecule has 29 heavy (non-hydrogen) atoms. The smallest absolute Gasteiger partial charge is 0.310 e. The minimum absolute atomic E-state index is 0.0197. The van der Waals surface area contributed by atoms with Gasteiger partial charge in [0.25, 0.3) is 0 Å². The van der Waals surface area contributed by atoms with E-state index < -0.39 is 0 Å². The summed E-state index contributed by atoms with van der Waals surface area (Å²) in [4.78, 5) is 26.2. The van der Waals surface area contributed by atoms with Crippen LogP contribution in [0.1, 0.15) is 46.0 Å². The highest BCUT2D eigenvalue weighted by Gasteiger charge is 2.53. The molecule has 0 bridgehead atoms. The molecule has 3 heterocycles. The Kier molecular flexibility index (Phi) is 4.85. The van der Waals surface area contributed by atoms with Gasteiger partial charge in [0.15, 0.2) is 0 Å². The van der Waals surface area contributed by atoms with E-state index in [1.165, 1.54) is 19.3 Å². The molecule has 3 fully saturated rings. The Morgan fingerprint density at radius 1 is 1.21 bits per heavy atom. The summed E-state index contributed by atoms with van der Waals surface area (Å²) in [7, 11) is 0. The number of piperazine rings is 1. The minimum Gasteiger partial charge on any atom is -0.462 e. The first-order chi connectivity index (χ1) is 14.0. The second-order valence-corrected chi connectivity index (χ2v) is 9.66. The van der Waals surface area contributed by atoms with Crippen molar-refractivity contribution < 1.29 is 9.53 Å². The lowest BCUT2D eigenvalue weighted by Gasteiger charge is -2.46. The molecule has 156 valence electrons. The summed E-state index contributed by atoms with van der Waals surface area (Å²) in [5.41, 5.74) is 3.46. The van der Waals surface area contributed by atoms with E-state index >= 15 is 0 Å². The zero-order valence-corrected chi connectivity index (χ0v) is 17.6. The van der Waals surface area contributed by atoms with Gasteiger partial charge in [0.05, 0.1) is 5.92 Å². The summed E-state index contributed by atoms with van der Waals surface area (Å²) in [6.07, 6.45) is 9.53. The Labute approximate surface area is 173 Å². The fraction of sp³-hybridized carbons (Fsp3) is 0.696. The van der Waals surface area contributed by atoms with Crippen molar-refractivity contribution in [1.29, 1.82) is 0 Å². The van der Waals surface area contributed by atoms with E-state index in [0.717, 1.165) is 51.5 Å². The molecular formula is C23H32N4O2.